The van der Waals surface area contributed by atoms with Crippen molar-refractivity contribution in [2.24, 2.45) is 16.6 Å². The van der Waals surface area contributed by atoms with Crippen LogP contribution in [0.5, 0.6) is 0 Å². The Labute approximate surface area is 200 Å². The van der Waals surface area contributed by atoms with Gasteiger partial charge in [-0.1, -0.05) is 6.07 Å². The fourth-order valence-corrected chi connectivity index (χ4v) is 4.51. The normalized spacial score (nSPS) is 27.4. The number of aliphatic imine (C=N–C) groups is 1. The van der Waals surface area contributed by atoms with E-state index in [1.807, 2.05) is 14.1 Å². The maximum atomic E-state index is 14.2. The Balaban J connectivity index is 1.84. The lowest BCUT2D eigenvalue weighted by atomic mass is 9.89. The summed E-state index contributed by atoms with van der Waals surface area (Å²) >= 11 is 0. The van der Waals surface area contributed by atoms with Crippen molar-refractivity contribution in [1.29, 1.82) is 5.41 Å². The molecule has 1 fully saturated rings. The number of likely N-dealkylation sites (N-methyl/N-ethyl adjacent to an activating group) is 1. The minimum Gasteiger partial charge on any atom is -0.383 e. The van der Waals surface area contributed by atoms with E-state index in [-0.39, 0.29) is 24.5 Å². The highest BCUT2D eigenvalue weighted by atomic mass is 19.1. The Morgan fingerprint density at radius 1 is 1.32 bits per heavy atom. The molecule has 184 valence electrons. The Morgan fingerprint density at radius 3 is 2.79 bits per heavy atom. The zero-order valence-corrected chi connectivity index (χ0v) is 20.0. The number of benzene rings is 1. The van der Waals surface area contributed by atoms with Gasteiger partial charge in [0.1, 0.15) is 11.7 Å². The van der Waals surface area contributed by atoms with Gasteiger partial charge in [-0.05, 0) is 75.0 Å². The first-order valence-electron chi connectivity index (χ1n) is 11.7. The fraction of sp³-hybridized carbons (Fsp3) is 0.500. The van der Waals surface area contributed by atoms with Crippen molar-refractivity contribution in [3.8, 4) is 0 Å². The number of halogens is 1. The third kappa shape index (κ3) is 5.47. The highest BCUT2D eigenvalue weighted by molar-refractivity contribution is 5.97. The second-order valence-corrected chi connectivity index (χ2v) is 9.05. The summed E-state index contributed by atoms with van der Waals surface area (Å²) in [4.78, 5) is 4.38. The first-order valence-corrected chi connectivity index (χ1v) is 11.7. The molecule has 1 aromatic carbocycles. The standard InChI is InChI=1S/C24H35FN8O/c1-13(26)18-9-19(33-29-3)21(28-2)17-7-6-16(25)8-15(17)12-34-24-23(27)31-11-20(32-24)22(18)30-10-14-4-5-14/h6-8,11,14,19,21,24,26,28-30,32-33H,4-5,9-10,12H2,1-3H3,(H2,27,31)/b22-18-,26-13?. The maximum absolute atomic E-state index is 14.2. The van der Waals surface area contributed by atoms with Gasteiger partial charge >= 0.3 is 0 Å². The molecule has 8 N–H and O–H groups in total. The van der Waals surface area contributed by atoms with Crippen molar-refractivity contribution < 1.29 is 9.13 Å². The predicted molar refractivity (Wildman–Crippen MR) is 131 cm³/mol. The van der Waals surface area contributed by atoms with Crippen LogP contribution in [0.4, 0.5) is 4.39 Å². The van der Waals surface area contributed by atoms with Crippen LogP contribution < -0.4 is 32.5 Å². The number of rotatable bonds is 7. The molecule has 3 aliphatic rings. The molecule has 10 heteroatoms. The molecular weight excluding hydrogens is 435 g/mol. The summed E-state index contributed by atoms with van der Waals surface area (Å²) in [6.45, 7) is 2.78. The number of hydrazine groups is 1. The largest absolute Gasteiger partial charge is 0.383 e. The predicted octanol–water partition coefficient (Wildman–Crippen LogP) is 1.52. The molecule has 2 aliphatic heterocycles. The van der Waals surface area contributed by atoms with E-state index in [4.69, 9.17) is 15.9 Å². The molecule has 2 heterocycles. The molecule has 4 rings (SSSR count). The zero-order chi connectivity index (χ0) is 24.2. The van der Waals surface area contributed by atoms with Gasteiger partial charge in [0, 0.05) is 24.3 Å². The van der Waals surface area contributed by atoms with Crippen LogP contribution >= 0.6 is 0 Å². The molecular formula is C24H35FN8O. The molecule has 0 spiro atoms. The summed E-state index contributed by atoms with van der Waals surface area (Å²) in [6.07, 6.45) is 3.97. The Morgan fingerprint density at radius 2 is 2.12 bits per heavy atom. The fourth-order valence-electron chi connectivity index (χ4n) is 4.51. The first-order chi connectivity index (χ1) is 16.4. The van der Waals surface area contributed by atoms with E-state index in [1.165, 1.54) is 25.0 Å². The van der Waals surface area contributed by atoms with Crippen LogP contribution in [0.3, 0.4) is 0 Å². The lowest BCUT2D eigenvalue weighted by Crippen LogP contribution is -2.49. The Kier molecular flexibility index (Phi) is 7.62. The minimum absolute atomic E-state index is 0.153. The first kappa shape index (κ1) is 24.3. The van der Waals surface area contributed by atoms with E-state index in [0.29, 0.717) is 23.9 Å². The highest BCUT2D eigenvalue weighted by Gasteiger charge is 2.31. The number of hydrogen-bond donors (Lipinski definition) is 7. The molecule has 0 saturated heterocycles. The van der Waals surface area contributed by atoms with E-state index in [0.717, 1.165) is 34.6 Å². The number of ether oxygens (including phenoxy) is 1. The Hall–Kier alpha value is -2.79. The summed E-state index contributed by atoms with van der Waals surface area (Å²) in [5.41, 5.74) is 17.0. The number of amidine groups is 1. The molecule has 3 unspecified atom stereocenters. The Bertz CT molecular complexity index is 1020. The number of nitrogens with two attached hydrogens (primary N) is 1. The van der Waals surface area contributed by atoms with Crippen molar-refractivity contribution in [3.05, 3.63) is 58.3 Å². The van der Waals surface area contributed by atoms with Crippen LogP contribution in [0.2, 0.25) is 0 Å². The molecule has 0 amide bonds. The monoisotopic (exact) mass is 470 g/mol. The molecule has 9 nitrogen and oxygen atoms in total. The third-order valence-electron chi connectivity index (χ3n) is 6.50. The van der Waals surface area contributed by atoms with Gasteiger partial charge in [0.2, 0.25) is 0 Å². The molecule has 1 aliphatic carbocycles. The van der Waals surface area contributed by atoms with Crippen LogP contribution in [-0.4, -0.2) is 44.5 Å². The molecule has 2 bridgehead atoms. The average Bonchev–Trinajstić information content (AvgIpc) is 3.63. The lowest BCUT2D eigenvalue weighted by Gasteiger charge is -2.34. The highest BCUT2D eigenvalue weighted by Crippen LogP contribution is 2.31. The van der Waals surface area contributed by atoms with E-state index in [2.05, 4.69) is 31.8 Å². The molecule has 1 saturated carbocycles. The molecule has 3 atom stereocenters. The second-order valence-electron chi connectivity index (χ2n) is 9.05. The second kappa shape index (κ2) is 10.6. The van der Waals surface area contributed by atoms with Gasteiger partial charge in [-0.3, -0.25) is 10.9 Å². The van der Waals surface area contributed by atoms with Crippen LogP contribution in [0, 0.1) is 17.1 Å². The zero-order valence-electron chi connectivity index (χ0n) is 20.0. The summed E-state index contributed by atoms with van der Waals surface area (Å²) in [7, 11) is 3.70. The van der Waals surface area contributed by atoms with Gasteiger partial charge in [0.15, 0.2) is 6.23 Å². The maximum Gasteiger partial charge on any atom is 0.186 e. The minimum atomic E-state index is -0.667. The van der Waals surface area contributed by atoms with Crippen molar-refractivity contribution in [2.45, 2.75) is 51.1 Å². The SMILES string of the molecule is CNNC1C/C(C(C)=N)=C(/NCC2CC2)C2=CN=C(N)C(N2)OCc2cc(F)ccc2C1NC. The van der Waals surface area contributed by atoms with E-state index in [9.17, 15) is 4.39 Å². The molecule has 34 heavy (non-hydrogen) atoms. The van der Waals surface area contributed by atoms with Gasteiger partial charge in [0.05, 0.1) is 24.2 Å². The lowest BCUT2D eigenvalue weighted by molar-refractivity contribution is 0.0665. The summed E-state index contributed by atoms with van der Waals surface area (Å²) in [5.74, 6) is 0.612. The van der Waals surface area contributed by atoms with Crippen LogP contribution in [0.15, 0.2) is 46.4 Å². The number of fused-ring (bicyclic) bond motifs is 3. The third-order valence-corrected chi connectivity index (χ3v) is 6.50. The van der Waals surface area contributed by atoms with Crippen LogP contribution in [0.25, 0.3) is 0 Å². The van der Waals surface area contributed by atoms with Crippen LogP contribution in [0.1, 0.15) is 43.4 Å². The van der Waals surface area contributed by atoms with E-state index >= 15 is 0 Å². The topological polar surface area (TPSA) is 132 Å². The number of hydrogen-bond acceptors (Lipinski definition) is 9. The van der Waals surface area contributed by atoms with Gasteiger partial charge in [-0.15, -0.1) is 0 Å². The summed E-state index contributed by atoms with van der Waals surface area (Å²) < 4.78 is 20.3. The average molecular weight is 471 g/mol. The van der Waals surface area contributed by atoms with Crippen molar-refractivity contribution in [1.82, 2.24) is 26.8 Å². The van der Waals surface area contributed by atoms with Crippen molar-refractivity contribution >= 4 is 11.5 Å². The van der Waals surface area contributed by atoms with Crippen LogP contribution in [-0.2, 0) is 11.3 Å². The van der Waals surface area contributed by atoms with Gasteiger partial charge in [-0.2, -0.15) is 0 Å². The molecule has 1 aromatic rings. The van der Waals surface area contributed by atoms with Gasteiger partial charge in [-0.25, -0.2) is 9.38 Å². The summed E-state index contributed by atoms with van der Waals surface area (Å²) in [5, 5.41) is 19.0. The summed E-state index contributed by atoms with van der Waals surface area (Å²) in [6, 6.07) is 4.41. The molecule has 0 radical (unpaired) electrons. The van der Waals surface area contributed by atoms with E-state index in [1.54, 1.807) is 19.2 Å². The molecule has 0 aromatic heterocycles. The number of nitrogens with zero attached hydrogens (tertiary/aromatic N) is 1. The van der Waals surface area contributed by atoms with Gasteiger partial charge < -0.3 is 31.8 Å². The van der Waals surface area contributed by atoms with E-state index < -0.39 is 6.23 Å². The van der Waals surface area contributed by atoms with Crippen molar-refractivity contribution in [2.75, 3.05) is 20.6 Å². The number of nitrogens with one attached hydrogen (secondary N) is 6. The quantitative estimate of drug-likeness (QED) is 0.237. The smallest absolute Gasteiger partial charge is 0.186 e. The van der Waals surface area contributed by atoms with Gasteiger partial charge in [0.25, 0.3) is 0 Å². The van der Waals surface area contributed by atoms with Crippen molar-refractivity contribution in [3.63, 3.8) is 0 Å².